The van der Waals surface area contributed by atoms with Crippen molar-refractivity contribution in [1.29, 1.82) is 0 Å². The van der Waals surface area contributed by atoms with Crippen LogP contribution in [0.15, 0.2) is 12.2 Å². The molecular formula is C22H42O2. The Hall–Kier alpha value is -0.790. The third-order valence-corrected chi connectivity index (χ3v) is 4.65. The van der Waals surface area contributed by atoms with Gasteiger partial charge in [0.05, 0.1) is 0 Å². The van der Waals surface area contributed by atoms with Crippen molar-refractivity contribution in [3.05, 3.63) is 12.2 Å². The van der Waals surface area contributed by atoms with Gasteiger partial charge in [0.1, 0.15) is 0 Å². The maximum atomic E-state index is 10.4. The van der Waals surface area contributed by atoms with Crippen molar-refractivity contribution in [3.8, 4) is 0 Å². The molecule has 142 valence electrons. The minimum absolute atomic E-state index is 0.342. The van der Waals surface area contributed by atoms with Gasteiger partial charge in [0.15, 0.2) is 0 Å². The molecule has 0 aromatic heterocycles. The first-order valence-corrected chi connectivity index (χ1v) is 10.6. The number of unbranched alkanes of at least 4 members (excludes halogenated alkanes) is 15. The molecule has 0 atom stereocenters. The molecule has 0 amide bonds. The minimum Gasteiger partial charge on any atom is -0.481 e. The first kappa shape index (κ1) is 23.2. The fraction of sp³-hybridized carbons (Fsp3) is 0.864. The number of aliphatic carboxylic acids is 1. The number of hydrogen-bond donors (Lipinski definition) is 1. The van der Waals surface area contributed by atoms with E-state index >= 15 is 0 Å². The van der Waals surface area contributed by atoms with E-state index in [1.807, 2.05) is 0 Å². The number of carboxylic acid groups (broad SMARTS) is 1. The van der Waals surface area contributed by atoms with Crippen LogP contribution >= 0.6 is 0 Å². The van der Waals surface area contributed by atoms with E-state index in [4.69, 9.17) is 5.11 Å². The molecule has 0 spiro atoms. The zero-order valence-corrected chi connectivity index (χ0v) is 16.2. The van der Waals surface area contributed by atoms with Crippen molar-refractivity contribution in [1.82, 2.24) is 0 Å². The molecule has 0 aromatic carbocycles. The van der Waals surface area contributed by atoms with E-state index in [1.165, 1.54) is 96.3 Å². The average Bonchev–Trinajstić information content (AvgIpc) is 2.56. The summed E-state index contributed by atoms with van der Waals surface area (Å²) in [7, 11) is 0. The lowest BCUT2D eigenvalue weighted by Crippen LogP contribution is -1.93. The van der Waals surface area contributed by atoms with E-state index in [1.54, 1.807) is 0 Å². The van der Waals surface area contributed by atoms with Crippen molar-refractivity contribution in [2.75, 3.05) is 0 Å². The predicted molar refractivity (Wildman–Crippen MR) is 106 cm³/mol. The zero-order valence-electron chi connectivity index (χ0n) is 16.2. The molecule has 0 heterocycles. The Morgan fingerprint density at radius 1 is 0.625 bits per heavy atom. The molecule has 0 aliphatic rings. The third-order valence-electron chi connectivity index (χ3n) is 4.65. The van der Waals surface area contributed by atoms with Gasteiger partial charge in [-0.25, -0.2) is 0 Å². The summed E-state index contributed by atoms with van der Waals surface area (Å²) in [5.41, 5.74) is 0. The quantitative estimate of drug-likeness (QED) is 0.194. The van der Waals surface area contributed by atoms with Gasteiger partial charge >= 0.3 is 5.97 Å². The lowest BCUT2D eigenvalue weighted by atomic mass is 10.0. The lowest BCUT2D eigenvalue weighted by Gasteiger charge is -2.02. The standard InChI is InChI=1S/C22H42O2/c1-2-3-4-5-6-7-8-9-10-11-12-13-14-15-16-17-18-19-20-21-22(23)24/h6-7H,2-5,8-21H2,1H3,(H,23,24). The Kier molecular flexibility index (Phi) is 19.6. The van der Waals surface area contributed by atoms with Crippen molar-refractivity contribution in [2.45, 2.75) is 122 Å². The molecule has 0 radical (unpaired) electrons. The summed E-state index contributed by atoms with van der Waals surface area (Å²) < 4.78 is 0. The lowest BCUT2D eigenvalue weighted by molar-refractivity contribution is -0.137. The van der Waals surface area contributed by atoms with Crippen molar-refractivity contribution < 1.29 is 9.90 Å². The van der Waals surface area contributed by atoms with E-state index in [9.17, 15) is 4.79 Å². The Morgan fingerprint density at radius 3 is 1.42 bits per heavy atom. The highest BCUT2D eigenvalue weighted by Crippen LogP contribution is 2.13. The Labute approximate surface area is 151 Å². The topological polar surface area (TPSA) is 37.3 Å². The third kappa shape index (κ3) is 21.2. The van der Waals surface area contributed by atoms with Crippen LogP contribution in [0.25, 0.3) is 0 Å². The highest BCUT2D eigenvalue weighted by atomic mass is 16.4. The van der Waals surface area contributed by atoms with Crippen LogP contribution in [0.4, 0.5) is 0 Å². The van der Waals surface area contributed by atoms with E-state index in [0.717, 1.165) is 12.8 Å². The van der Waals surface area contributed by atoms with Gasteiger partial charge in [-0.1, -0.05) is 96.1 Å². The summed E-state index contributed by atoms with van der Waals surface area (Å²) >= 11 is 0. The van der Waals surface area contributed by atoms with Gasteiger partial charge in [-0.3, -0.25) is 4.79 Å². The van der Waals surface area contributed by atoms with Crippen LogP contribution in [0.2, 0.25) is 0 Å². The Bertz CT molecular complexity index is 284. The highest BCUT2D eigenvalue weighted by molar-refractivity contribution is 5.66. The van der Waals surface area contributed by atoms with Crippen molar-refractivity contribution in [2.24, 2.45) is 0 Å². The monoisotopic (exact) mass is 338 g/mol. The van der Waals surface area contributed by atoms with Crippen LogP contribution in [-0.4, -0.2) is 11.1 Å². The second-order valence-electron chi connectivity index (χ2n) is 7.14. The molecule has 2 nitrogen and oxygen atoms in total. The maximum absolute atomic E-state index is 10.4. The summed E-state index contributed by atoms with van der Waals surface area (Å²) in [5.74, 6) is -0.655. The molecule has 0 aliphatic heterocycles. The summed E-state index contributed by atoms with van der Waals surface area (Å²) in [4.78, 5) is 10.4. The first-order valence-electron chi connectivity index (χ1n) is 10.6. The van der Waals surface area contributed by atoms with Crippen LogP contribution in [0.1, 0.15) is 122 Å². The van der Waals surface area contributed by atoms with Gasteiger partial charge in [0.25, 0.3) is 0 Å². The number of carboxylic acids is 1. The fourth-order valence-corrected chi connectivity index (χ4v) is 3.05. The van der Waals surface area contributed by atoms with E-state index in [-0.39, 0.29) is 0 Å². The second-order valence-corrected chi connectivity index (χ2v) is 7.14. The van der Waals surface area contributed by atoms with Crippen molar-refractivity contribution in [3.63, 3.8) is 0 Å². The molecule has 0 saturated heterocycles. The van der Waals surface area contributed by atoms with Crippen LogP contribution in [0.3, 0.4) is 0 Å². The Balaban J connectivity index is 3.04. The molecule has 0 unspecified atom stereocenters. The largest absolute Gasteiger partial charge is 0.481 e. The summed E-state index contributed by atoms with van der Waals surface area (Å²) in [5, 5.41) is 8.55. The minimum atomic E-state index is -0.655. The van der Waals surface area contributed by atoms with Crippen LogP contribution in [-0.2, 0) is 4.79 Å². The van der Waals surface area contributed by atoms with Crippen LogP contribution < -0.4 is 0 Å². The van der Waals surface area contributed by atoms with Gasteiger partial charge in [-0.15, -0.1) is 0 Å². The molecule has 0 rings (SSSR count). The van der Waals surface area contributed by atoms with E-state index in [2.05, 4.69) is 19.1 Å². The average molecular weight is 339 g/mol. The van der Waals surface area contributed by atoms with Gasteiger partial charge in [0.2, 0.25) is 0 Å². The fourth-order valence-electron chi connectivity index (χ4n) is 3.05. The summed E-state index contributed by atoms with van der Waals surface area (Å²) in [6.45, 7) is 2.26. The van der Waals surface area contributed by atoms with Crippen molar-refractivity contribution >= 4 is 5.97 Å². The van der Waals surface area contributed by atoms with Gasteiger partial charge in [-0.05, 0) is 32.1 Å². The molecule has 2 heteroatoms. The van der Waals surface area contributed by atoms with Gasteiger partial charge in [0, 0.05) is 6.42 Å². The molecule has 0 aromatic rings. The molecule has 0 saturated carbocycles. The smallest absolute Gasteiger partial charge is 0.303 e. The molecule has 0 aliphatic carbocycles. The van der Waals surface area contributed by atoms with Gasteiger partial charge < -0.3 is 5.11 Å². The van der Waals surface area contributed by atoms with Crippen LogP contribution in [0, 0.1) is 0 Å². The summed E-state index contributed by atoms with van der Waals surface area (Å²) in [6, 6.07) is 0. The zero-order chi connectivity index (χ0) is 17.7. The number of rotatable bonds is 19. The van der Waals surface area contributed by atoms with Crippen LogP contribution in [0.5, 0.6) is 0 Å². The number of carbonyl (C=O) groups is 1. The second kappa shape index (κ2) is 20.3. The van der Waals surface area contributed by atoms with E-state index < -0.39 is 5.97 Å². The SMILES string of the molecule is CCCCCC=CCCCCCCCCCCCCCCC(=O)O. The number of allylic oxidation sites excluding steroid dienone is 2. The Morgan fingerprint density at radius 2 is 1.00 bits per heavy atom. The first-order chi connectivity index (χ1) is 11.8. The molecule has 1 N–H and O–H groups in total. The molecule has 0 bridgehead atoms. The predicted octanol–water partition coefficient (Wildman–Crippen LogP) is 7.67. The summed E-state index contributed by atoms with van der Waals surface area (Å²) in [6.07, 6.45) is 27.1. The normalized spacial score (nSPS) is 11.4. The molecule has 24 heavy (non-hydrogen) atoms. The highest BCUT2D eigenvalue weighted by Gasteiger charge is 1.97. The molecular weight excluding hydrogens is 296 g/mol. The molecule has 0 fully saturated rings. The van der Waals surface area contributed by atoms with E-state index in [0.29, 0.717) is 6.42 Å². The number of hydrogen-bond acceptors (Lipinski definition) is 1. The maximum Gasteiger partial charge on any atom is 0.303 e. The van der Waals surface area contributed by atoms with Gasteiger partial charge in [-0.2, -0.15) is 0 Å².